The van der Waals surface area contributed by atoms with Crippen LogP contribution in [0.5, 0.6) is 0 Å². The molecule has 0 spiro atoms. The largest absolute Gasteiger partial charge is 0.321 e. The van der Waals surface area contributed by atoms with Crippen molar-refractivity contribution < 1.29 is 4.79 Å². The molecule has 0 unspecified atom stereocenters. The summed E-state index contributed by atoms with van der Waals surface area (Å²) in [7, 11) is 0. The first-order valence-electron chi connectivity index (χ1n) is 5.93. The van der Waals surface area contributed by atoms with E-state index in [2.05, 4.69) is 21.2 Å². The van der Waals surface area contributed by atoms with E-state index >= 15 is 0 Å². The van der Waals surface area contributed by atoms with Crippen LogP contribution in [0.4, 0.5) is 5.69 Å². The van der Waals surface area contributed by atoms with Crippen LogP contribution in [0.2, 0.25) is 0 Å². The maximum absolute atomic E-state index is 12.0. The molecule has 4 heteroatoms. The zero-order valence-corrected chi connectivity index (χ0v) is 12.1. The van der Waals surface area contributed by atoms with Gasteiger partial charge in [-0.3, -0.25) is 4.79 Å². The second-order valence-electron chi connectivity index (χ2n) is 4.04. The van der Waals surface area contributed by atoms with Crippen LogP contribution in [0.1, 0.15) is 5.56 Å². The molecule has 0 saturated heterocycles. The number of amides is 1. The highest BCUT2D eigenvalue weighted by Crippen LogP contribution is 2.16. The van der Waals surface area contributed by atoms with Gasteiger partial charge in [0.05, 0.1) is 0 Å². The van der Waals surface area contributed by atoms with Crippen LogP contribution in [0.3, 0.4) is 0 Å². The first-order chi connectivity index (χ1) is 9.69. The van der Waals surface area contributed by atoms with Crippen molar-refractivity contribution in [3.05, 3.63) is 70.2 Å². The quantitative estimate of drug-likeness (QED) is 0.684. The van der Waals surface area contributed by atoms with Gasteiger partial charge in [0.1, 0.15) is 11.6 Å². The molecule has 0 saturated carbocycles. The summed E-state index contributed by atoms with van der Waals surface area (Å²) in [5, 5.41) is 11.8. The Balaban J connectivity index is 2.19. The fraction of sp³-hybridized carbons (Fsp3) is 0. The normalized spacial score (nSPS) is 10.7. The Hall–Kier alpha value is -2.38. The van der Waals surface area contributed by atoms with Crippen LogP contribution >= 0.6 is 15.9 Å². The fourth-order valence-electron chi connectivity index (χ4n) is 1.63. The predicted octanol–water partition coefficient (Wildman–Crippen LogP) is 3.99. The average molecular weight is 327 g/mol. The molecule has 3 nitrogen and oxygen atoms in total. The van der Waals surface area contributed by atoms with Crippen molar-refractivity contribution in [2.45, 2.75) is 0 Å². The van der Waals surface area contributed by atoms with E-state index in [0.29, 0.717) is 5.69 Å². The Kier molecular flexibility index (Phi) is 4.70. The molecule has 0 aromatic heterocycles. The van der Waals surface area contributed by atoms with Gasteiger partial charge in [-0.1, -0.05) is 52.3 Å². The molecule has 0 heterocycles. The minimum Gasteiger partial charge on any atom is -0.321 e. The van der Waals surface area contributed by atoms with E-state index < -0.39 is 5.91 Å². The summed E-state index contributed by atoms with van der Waals surface area (Å²) < 4.78 is 0.862. The molecule has 20 heavy (non-hydrogen) atoms. The van der Waals surface area contributed by atoms with E-state index in [1.165, 1.54) is 0 Å². The Labute approximate surface area is 125 Å². The molecule has 0 aliphatic rings. The van der Waals surface area contributed by atoms with Crippen LogP contribution in [0.25, 0.3) is 6.08 Å². The number of hydrogen-bond donors (Lipinski definition) is 1. The van der Waals surface area contributed by atoms with Gasteiger partial charge >= 0.3 is 0 Å². The second kappa shape index (κ2) is 6.69. The number of carbonyl (C=O) groups excluding carboxylic acids is 1. The standard InChI is InChI=1S/C16H11BrN2O/c17-14-7-4-8-15(10-14)19-16(20)13(11-18)9-12-5-2-1-3-6-12/h1-10H,(H,19,20)/b13-9+. The number of anilines is 1. The van der Waals surface area contributed by atoms with Crippen LogP contribution in [0.15, 0.2) is 64.6 Å². The summed E-state index contributed by atoms with van der Waals surface area (Å²) in [6.45, 7) is 0. The number of halogens is 1. The highest BCUT2D eigenvalue weighted by Gasteiger charge is 2.09. The smallest absolute Gasteiger partial charge is 0.266 e. The van der Waals surface area contributed by atoms with Crippen molar-refractivity contribution >= 4 is 33.6 Å². The van der Waals surface area contributed by atoms with Gasteiger partial charge in [0.2, 0.25) is 0 Å². The highest BCUT2D eigenvalue weighted by atomic mass is 79.9. The SMILES string of the molecule is N#C/C(=C\c1ccccc1)C(=O)Nc1cccc(Br)c1. The monoisotopic (exact) mass is 326 g/mol. The summed E-state index contributed by atoms with van der Waals surface area (Å²) >= 11 is 3.33. The molecule has 2 aromatic carbocycles. The number of benzene rings is 2. The molecule has 0 bridgehead atoms. The second-order valence-corrected chi connectivity index (χ2v) is 4.96. The summed E-state index contributed by atoms with van der Waals surface area (Å²) in [5.74, 6) is -0.422. The molecule has 0 fully saturated rings. The molecule has 2 aromatic rings. The van der Waals surface area contributed by atoms with Crippen molar-refractivity contribution in [2.24, 2.45) is 0 Å². The molecule has 98 valence electrons. The Morgan fingerprint density at radius 2 is 1.90 bits per heavy atom. The summed E-state index contributed by atoms with van der Waals surface area (Å²) in [6.07, 6.45) is 1.56. The molecule has 0 aliphatic heterocycles. The molecule has 2 rings (SSSR count). The van der Waals surface area contributed by atoms with Gasteiger partial charge in [0.25, 0.3) is 5.91 Å². The molecule has 1 N–H and O–H groups in total. The van der Waals surface area contributed by atoms with Gasteiger partial charge < -0.3 is 5.32 Å². The molecule has 1 amide bonds. The first-order valence-corrected chi connectivity index (χ1v) is 6.72. The van der Waals surface area contributed by atoms with E-state index in [0.717, 1.165) is 10.0 Å². The minimum atomic E-state index is -0.422. The average Bonchev–Trinajstić information content (AvgIpc) is 2.45. The molecule has 0 atom stereocenters. The zero-order chi connectivity index (χ0) is 14.4. The number of nitriles is 1. The molecular formula is C16H11BrN2O. The summed E-state index contributed by atoms with van der Waals surface area (Å²) in [5.41, 5.74) is 1.52. The fourth-order valence-corrected chi connectivity index (χ4v) is 2.03. The maximum atomic E-state index is 12.0. The van der Waals surface area contributed by atoms with Crippen LogP contribution in [-0.4, -0.2) is 5.91 Å². The van der Waals surface area contributed by atoms with Crippen molar-refractivity contribution in [1.82, 2.24) is 0 Å². The van der Waals surface area contributed by atoms with Gasteiger partial charge in [-0.05, 0) is 29.8 Å². The third-order valence-electron chi connectivity index (χ3n) is 2.56. The third kappa shape index (κ3) is 3.81. The highest BCUT2D eigenvalue weighted by molar-refractivity contribution is 9.10. The van der Waals surface area contributed by atoms with E-state index in [1.807, 2.05) is 48.5 Å². The lowest BCUT2D eigenvalue weighted by molar-refractivity contribution is -0.112. The van der Waals surface area contributed by atoms with Gasteiger partial charge in [0.15, 0.2) is 0 Å². The van der Waals surface area contributed by atoms with Crippen molar-refractivity contribution in [2.75, 3.05) is 5.32 Å². The van der Waals surface area contributed by atoms with Crippen LogP contribution in [0, 0.1) is 11.3 Å². The number of nitrogens with one attached hydrogen (secondary N) is 1. The van der Waals surface area contributed by atoms with E-state index in [4.69, 9.17) is 5.26 Å². The zero-order valence-electron chi connectivity index (χ0n) is 10.5. The molecular weight excluding hydrogens is 316 g/mol. The van der Waals surface area contributed by atoms with E-state index in [-0.39, 0.29) is 5.57 Å². The molecule has 0 radical (unpaired) electrons. The number of nitrogens with zero attached hydrogens (tertiary/aromatic N) is 1. The van der Waals surface area contributed by atoms with Crippen LogP contribution < -0.4 is 5.32 Å². The van der Waals surface area contributed by atoms with Gasteiger partial charge in [0, 0.05) is 10.2 Å². The third-order valence-corrected chi connectivity index (χ3v) is 3.05. The van der Waals surface area contributed by atoms with Gasteiger partial charge in [-0.15, -0.1) is 0 Å². The first kappa shape index (κ1) is 14.0. The van der Waals surface area contributed by atoms with E-state index in [1.54, 1.807) is 18.2 Å². The predicted molar refractivity (Wildman–Crippen MR) is 82.8 cm³/mol. The van der Waals surface area contributed by atoms with E-state index in [9.17, 15) is 4.79 Å². The topological polar surface area (TPSA) is 52.9 Å². The number of hydrogen-bond acceptors (Lipinski definition) is 2. The van der Waals surface area contributed by atoms with Crippen LogP contribution in [-0.2, 0) is 4.79 Å². The van der Waals surface area contributed by atoms with Crippen molar-refractivity contribution in [1.29, 1.82) is 5.26 Å². The van der Waals surface area contributed by atoms with Gasteiger partial charge in [-0.25, -0.2) is 0 Å². The summed E-state index contributed by atoms with van der Waals surface area (Å²) in [4.78, 5) is 12.0. The Morgan fingerprint density at radius 3 is 2.55 bits per heavy atom. The van der Waals surface area contributed by atoms with Gasteiger partial charge in [-0.2, -0.15) is 5.26 Å². The van der Waals surface area contributed by atoms with Crippen molar-refractivity contribution in [3.8, 4) is 6.07 Å². The minimum absolute atomic E-state index is 0.0659. The lowest BCUT2D eigenvalue weighted by Gasteiger charge is -2.04. The number of rotatable bonds is 3. The maximum Gasteiger partial charge on any atom is 0.266 e. The Bertz CT molecular complexity index is 687. The lowest BCUT2D eigenvalue weighted by Crippen LogP contribution is -2.13. The van der Waals surface area contributed by atoms with Crippen molar-refractivity contribution in [3.63, 3.8) is 0 Å². The summed E-state index contributed by atoms with van der Waals surface area (Å²) in [6, 6.07) is 18.4. The lowest BCUT2D eigenvalue weighted by atomic mass is 10.1. The Morgan fingerprint density at radius 1 is 1.15 bits per heavy atom. The number of carbonyl (C=O) groups is 1. The molecule has 0 aliphatic carbocycles.